The van der Waals surface area contributed by atoms with Crippen LogP contribution in [0.2, 0.25) is 0 Å². The third kappa shape index (κ3) is 1.33. The van der Waals surface area contributed by atoms with Gasteiger partial charge in [0.15, 0.2) is 0 Å². The van der Waals surface area contributed by atoms with Crippen LogP contribution in [-0.2, 0) is 0 Å². The highest BCUT2D eigenvalue weighted by Crippen LogP contribution is 2.22. The minimum absolute atomic E-state index is 1.07. The molecule has 0 heterocycles. The van der Waals surface area contributed by atoms with Gasteiger partial charge in [0.05, 0.1) is 0 Å². The molecule has 0 aromatic heterocycles. The maximum Gasteiger partial charge on any atom is -0.00884 e. The summed E-state index contributed by atoms with van der Waals surface area (Å²) in [5.41, 5.74) is 4.14. The summed E-state index contributed by atoms with van der Waals surface area (Å²) in [5, 5.41) is 0. The van der Waals surface area contributed by atoms with Crippen molar-refractivity contribution < 1.29 is 0 Å². The molecule has 0 nitrogen and oxygen atoms in total. The molecule has 0 aliphatic heterocycles. The Balaban J connectivity index is 2.34. The maximum absolute atomic E-state index is 2.23. The van der Waals surface area contributed by atoms with Crippen molar-refractivity contribution in [3.05, 3.63) is 59.3 Å². The van der Waals surface area contributed by atoms with Crippen LogP contribution in [0.4, 0.5) is 0 Å². The molecule has 0 heteroatoms. The Morgan fingerprint density at radius 2 is 2.00 bits per heavy atom. The van der Waals surface area contributed by atoms with E-state index in [9.17, 15) is 0 Å². The van der Waals surface area contributed by atoms with E-state index in [0.29, 0.717) is 0 Å². The molecule has 0 saturated heterocycles. The standard InChI is InChI=1S/C12H12/c1-10-7-8-12(9-10)11-5-3-2-4-6-11/h2-5,7-9H,6H2,1H3/b12-11-. The molecule has 0 N–H and O–H groups in total. The highest BCUT2D eigenvalue weighted by atomic mass is 14.1. The minimum atomic E-state index is 1.07. The van der Waals surface area contributed by atoms with E-state index in [4.69, 9.17) is 0 Å². The van der Waals surface area contributed by atoms with Crippen molar-refractivity contribution >= 4 is 0 Å². The summed E-state index contributed by atoms with van der Waals surface area (Å²) in [7, 11) is 0. The largest absolute Gasteiger partial charge is 0.0801 e. The van der Waals surface area contributed by atoms with E-state index < -0.39 is 0 Å². The Morgan fingerprint density at radius 1 is 1.08 bits per heavy atom. The van der Waals surface area contributed by atoms with Crippen molar-refractivity contribution in [1.29, 1.82) is 0 Å². The molecule has 60 valence electrons. The molecule has 0 atom stereocenters. The van der Waals surface area contributed by atoms with Crippen molar-refractivity contribution in [2.24, 2.45) is 0 Å². The molecule has 0 saturated carbocycles. The highest BCUT2D eigenvalue weighted by molar-refractivity contribution is 5.51. The fourth-order valence-corrected chi connectivity index (χ4v) is 1.49. The topological polar surface area (TPSA) is 0 Å². The van der Waals surface area contributed by atoms with Gasteiger partial charge in [0, 0.05) is 0 Å². The van der Waals surface area contributed by atoms with Crippen LogP contribution in [-0.4, -0.2) is 0 Å². The van der Waals surface area contributed by atoms with Gasteiger partial charge in [-0.05, 0) is 24.5 Å². The SMILES string of the molecule is CC1=C/C(=C2/C=CC=CC2)C=C1. The number of hydrogen-bond donors (Lipinski definition) is 0. The lowest BCUT2D eigenvalue weighted by Gasteiger charge is -2.03. The summed E-state index contributed by atoms with van der Waals surface area (Å²) < 4.78 is 0. The first kappa shape index (κ1) is 7.35. The van der Waals surface area contributed by atoms with E-state index in [1.807, 2.05) is 0 Å². The number of allylic oxidation sites excluding steroid dienone is 10. The van der Waals surface area contributed by atoms with Gasteiger partial charge in [-0.2, -0.15) is 0 Å². The molecule has 0 bridgehead atoms. The van der Waals surface area contributed by atoms with E-state index >= 15 is 0 Å². The molecule has 0 aromatic rings. The summed E-state index contributed by atoms with van der Waals surface area (Å²) in [6.45, 7) is 2.13. The van der Waals surface area contributed by atoms with Gasteiger partial charge < -0.3 is 0 Å². The fraction of sp³-hybridized carbons (Fsp3) is 0.167. The Bertz CT molecular complexity index is 333. The molecular formula is C12H12. The van der Waals surface area contributed by atoms with Gasteiger partial charge >= 0.3 is 0 Å². The average molecular weight is 156 g/mol. The molecule has 0 aromatic carbocycles. The lowest BCUT2D eigenvalue weighted by molar-refractivity contribution is 1.24. The third-order valence-electron chi connectivity index (χ3n) is 2.16. The Labute approximate surface area is 73.3 Å². The summed E-state index contributed by atoms with van der Waals surface area (Å²) in [6, 6.07) is 0. The van der Waals surface area contributed by atoms with Gasteiger partial charge in [0.2, 0.25) is 0 Å². The van der Waals surface area contributed by atoms with E-state index in [2.05, 4.69) is 49.5 Å². The van der Waals surface area contributed by atoms with Crippen LogP contribution in [0.5, 0.6) is 0 Å². The van der Waals surface area contributed by atoms with Crippen LogP contribution in [0.25, 0.3) is 0 Å². The smallest absolute Gasteiger partial charge is 0.00884 e. The maximum atomic E-state index is 2.23. The molecule has 0 amide bonds. The minimum Gasteiger partial charge on any atom is -0.0801 e. The van der Waals surface area contributed by atoms with Crippen molar-refractivity contribution in [1.82, 2.24) is 0 Å². The van der Waals surface area contributed by atoms with Crippen LogP contribution in [0.1, 0.15) is 13.3 Å². The highest BCUT2D eigenvalue weighted by Gasteiger charge is 2.03. The monoisotopic (exact) mass is 156 g/mol. The number of hydrogen-bond acceptors (Lipinski definition) is 0. The van der Waals surface area contributed by atoms with E-state index in [-0.39, 0.29) is 0 Å². The first-order valence-electron chi connectivity index (χ1n) is 4.29. The first-order valence-corrected chi connectivity index (χ1v) is 4.29. The molecular weight excluding hydrogens is 144 g/mol. The van der Waals surface area contributed by atoms with Crippen LogP contribution in [0.3, 0.4) is 0 Å². The molecule has 0 fully saturated rings. The second-order valence-corrected chi connectivity index (χ2v) is 3.19. The lowest BCUT2D eigenvalue weighted by atomic mass is 10.0. The fourth-order valence-electron chi connectivity index (χ4n) is 1.49. The summed E-state index contributed by atoms with van der Waals surface area (Å²) in [5.74, 6) is 0. The van der Waals surface area contributed by atoms with Crippen molar-refractivity contribution in [3.8, 4) is 0 Å². The van der Waals surface area contributed by atoms with Gasteiger partial charge in [-0.25, -0.2) is 0 Å². The molecule has 2 aliphatic carbocycles. The van der Waals surface area contributed by atoms with Gasteiger partial charge in [0.25, 0.3) is 0 Å². The molecule has 0 radical (unpaired) electrons. The quantitative estimate of drug-likeness (QED) is 0.504. The van der Waals surface area contributed by atoms with Gasteiger partial charge in [-0.15, -0.1) is 0 Å². The zero-order chi connectivity index (χ0) is 8.39. The molecule has 2 aliphatic rings. The Morgan fingerprint density at radius 3 is 2.58 bits per heavy atom. The zero-order valence-corrected chi connectivity index (χ0v) is 7.25. The van der Waals surface area contributed by atoms with Crippen LogP contribution in [0, 0.1) is 0 Å². The van der Waals surface area contributed by atoms with Crippen molar-refractivity contribution in [2.75, 3.05) is 0 Å². The van der Waals surface area contributed by atoms with Crippen molar-refractivity contribution in [3.63, 3.8) is 0 Å². The summed E-state index contributed by atoms with van der Waals surface area (Å²) >= 11 is 0. The second kappa shape index (κ2) is 2.98. The van der Waals surface area contributed by atoms with Gasteiger partial charge in [0.1, 0.15) is 0 Å². The lowest BCUT2D eigenvalue weighted by Crippen LogP contribution is -1.84. The van der Waals surface area contributed by atoms with Crippen LogP contribution in [0.15, 0.2) is 59.3 Å². The second-order valence-electron chi connectivity index (χ2n) is 3.19. The Hall–Kier alpha value is -1.30. The van der Waals surface area contributed by atoms with Gasteiger partial charge in [-0.3, -0.25) is 0 Å². The summed E-state index contributed by atoms with van der Waals surface area (Å²) in [6.07, 6.45) is 16.2. The average Bonchev–Trinajstić information content (AvgIpc) is 2.54. The van der Waals surface area contributed by atoms with Gasteiger partial charge in [-0.1, -0.05) is 48.1 Å². The zero-order valence-electron chi connectivity index (χ0n) is 7.25. The van der Waals surface area contributed by atoms with E-state index in [1.165, 1.54) is 16.7 Å². The van der Waals surface area contributed by atoms with E-state index in [0.717, 1.165) is 6.42 Å². The van der Waals surface area contributed by atoms with E-state index in [1.54, 1.807) is 0 Å². The Kier molecular flexibility index (Phi) is 1.83. The number of rotatable bonds is 0. The molecule has 2 rings (SSSR count). The molecule has 0 unspecified atom stereocenters. The van der Waals surface area contributed by atoms with Crippen LogP contribution < -0.4 is 0 Å². The normalized spacial score (nSPS) is 26.6. The molecule has 0 spiro atoms. The third-order valence-corrected chi connectivity index (χ3v) is 2.16. The first-order chi connectivity index (χ1) is 5.86. The van der Waals surface area contributed by atoms with Crippen LogP contribution >= 0.6 is 0 Å². The molecule has 12 heavy (non-hydrogen) atoms. The predicted octanol–water partition coefficient (Wildman–Crippen LogP) is 3.32. The van der Waals surface area contributed by atoms with Crippen molar-refractivity contribution in [2.45, 2.75) is 13.3 Å². The summed E-state index contributed by atoms with van der Waals surface area (Å²) in [4.78, 5) is 0. The predicted molar refractivity (Wildman–Crippen MR) is 52.8 cm³/mol.